The van der Waals surface area contributed by atoms with Gasteiger partial charge in [-0.25, -0.2) is 14.4 Å². The van der Waals surface area contributed by atoms with Crippen molar-refractivity contribution in [2.75, 3.05) is 41.9 Å². The number of hydrogen-bond acceptors (Lipinski definition) is 9. The zero-order valence-corrected chi connectivity index (χ0v) is 21.7. The average Bonchev–Trinajstić information content (AvgIpc) is 2.94. The molecule has 0 spiro atoms. The van der Waals surface area contributed by atoms with Crippen molar-refractivity contribution >= 4 is 40.6 Å². The van der Waals surface area contributed by atoms with Gasteiger partial charge in [-0.05, 0) is 48.4 Å². The van der Waals surface area contributed by atoms with Crippen LogP contribution in [0.5, 0.6) is 5.75 Å². The number of phenolic OH excluding ortho intramolecular Hbond substituents is 1. The summed E-state index contributed by atoms with van der Waals surface area (Å²) in [5, 5.41) is 13.5. The molecule has 5 rings (SSSR count). The summed E-state index contributed by atoms with van der Waals surface area (Å²) in [6, 6.07) is 14.0. The predicted molar refractivity (Wildman–Crippen MR) is 147 cm³/mol. The molecule has 0 radical (unpaired) electrons. The summed E-state index contributed by atoms with van der Waals surface area (Å²) >= 11 is 6.50. The smallest absolute Gasteiger partial charge is 0.288 e. The van der Waals surface area contributed by atoms with Crippen molar-refractivity contribution < 1.29 is 19.0 Å². The van der Waals surface area contributed by atoms with Crippen molar-refractivity contribution in [1.29, 1.82) is 0 Å². The van der Waals surface area contributed by atoms with Gasteiger partial charge in [0.2, 0.25) is 5.95 Å². The van der Waals surface area contributed by atoms with Crippen molar-refractivity contribution in [1.82, 2.24) is 20.4 Å². The summed E-state index contributed by atoms with van der Waals surface area (Å²) < 4.78 is 19.5. The van der Waals surface area contributed by atoms with Gasteiger partial charge in [0.1, 0.15) is 11.4 Å². The lowest BCUT2D eigenvalue weighted by molar-refractivity contribution is 0.0957. The molecule has 0 bridgehead atoms. The van der Waals surface area contributed by atoms with Gasteiger partial charge in [-0.1, -0.05) is 29.8 Å². The van der Waals surface area contributed by atoms with Crippen LogP contribution in [0.15, 0.2) is 60.9 Å². The van der Waals surface area contributed by atoms with E-state index in [4.69, 9.17) is 16.3 Å². The summed E-state index contributed by atoms with van der Waals surface area (Å²) in [5.74, 6) is -0.708. The number of carbonyl (C=O) groups is 1. The predicted octanol–water partition coefficient (Wildman–Crippen LogP) is 4.68. The summed E-state index contributed by atoms with van der Waals surface area (Å²) in [7, 11) is 0. The minimum absolute atomic E-state index is 0.0484. The van der Waals surface area contributed by atoms with Crippen molar-refractivity contribution in [3.8, 4) is 16.9 Å². The molecule has 4 aromatic rings. The van der Waals surface area contributed by atoms with E-state index < -0.39 is 11.7 Å². The van der Waals surface area contributed by atoms with E-state index in [1.165, 1.54) is 0 Å². The molecular weight excluding hydrogens is 525 g/mol. The van der Waals surface area contributed by atoms with Crippen LogP contribution in [-0.4, -0.2) is 52.3 Å². The highest BCUT2D eigenvalue weighted by molar-refractivity contribution is 6.33. The molecule has 1 aliphatic rings. The number of phenols is 1. The number of amides is 1. The summed E-state index contributed by atoms with van der Waals surface area (Å²) in [4.78, 5) is 26.8. The van der Waals surface area contributed by atoms with Gasteiger partial charge in [0.25, 0.3) is 5.91 Å². The number of halogens is 2. The number of carbonyl (C=O) groups excluding carboxylic acids is 1. The fourth-order valence-electron chi connectivity index (χ4n) is 4.06. The zero-order valence-electron chi connectivity index (χ0n) is 20.9. The van der Waals surface area contributed by atoms with Crippen LogP contribution < -0.4 is 21.1 Å². The maximum absolute atomic E-state index is 14.2. The van der Waals surface area contributed by atoms with Crippen LogP contribution in [0.25, 0.3) is 11.1 Å². The molecule has 200 valence electrons. The van der Waals surface area contributed by atoms with Crippen LogP contribution in [-0.2, 0) is 4.74 Å². The van der Waals surface area contributed by atoms with E-state index in [0.717, 1.165) is 28.6 Å². The largest absolute Gasteiger partial charge is 0.508 e. The topological polar surface area (TPSA) is 125 Å². The van der Waals surface area contributed by atoms with E-state index in [-0.39, 0.29) is 23.2 Å². The lowest BCUT2D eigenvalue weighted by Crippen LogP contribution is -2.38. The molecule has 1 fully saturated rings. The van der Waals surface area contributed by atoms with Crippen LogP contribution in [0.3, 0.4) is 0 Å². The Morgan fingerprint density at radius 3 is 2.67 bits per heavy atom. The number of nitrogens with zero attached hydrogens (tertiary/aromatic N) is 4. The first-order valence-corrected chi connectivity index (χ1v) is 12.5. The van der Waals surface area contributed by atoms with Gasteiger partial charge in [-0.15, -0.1) is 0 Å². The quantitative estimate of drug-likeness (QED) is 0.243. The second-order valence-corrected chi connectivity index (χ2v) is 9.21. The third-order valence-corrected chi connectivity index (χ3v) is 6.39. The SMILES string of the molecule is Cc1cc(C(=O)NNc2ncc(F)c(N3CCOCC3)n2)ncc1Nc1ccc(-c2cccc(O)c2)c(Cl)c1. The van der Waals surface area contributed by atoms with Crippen LogP contribution >= 0.6 is 11.6 Å². The highest BCUT2D eigenvalue weighted by Gasteiger charge is 2.18. The number of pyridine rings is 1. The minimum Gasteiger partial charge on any atom is -0.508 e. The third kappa shape index (κ3) is 6.16. The Hall–Kier alpha value is -4.48. The average molecular weight is 550 g/mol. The summed E-state index contributed by atoms with van der Waals surface area (Å²) in [5.41, 5.74) is 9.07. The number of aromatic hydroxyl groups is 1. The molecule has 3 heterocycles. The Morgan fingerprint density at radius 2 is 1.92 bits per heavy atom. The van der Waals surface area contributed by atoms with E-state index >= 15 is 0 Å². The van der Waals surface area contributed by atoms with Crippen LogP contribution in [0.4, 0.5) is 27.5 Å². The number of hydrogen-bond donors (Lipinski definition) is 4. The molecule has 2 aromatic carbocycles. The van der Waals surface area contributed by atoms with E-state index in [1.54, 1.807) is 41.4 Å². The molecular formula is C27H25ClFN7O3. The number of ether oxygens (including phenoxy) is 1. The molecule has 1 saturated heterocycles. The molecule has 4 N–H and O–H groups in total. The summed E-state index contributed by atoms with van der Waals surface area (Å²) in [6.07, 6.45) is 2.60. The number of nitrogens with one attached hydrogen (secondary N) is 3. The van der Waals surface area contributed by atoms with Gasteiger partial charge in [-0.3, -0.25) is 15.6 Å². The Labute approximate surface area is 228 Å². The van der Waals surface area contributed by atoms with Gasteiger partial charge in [0.05, 0.1) is 36.3 Å². The summed E-state index contributed by atoms with van der Waals surface area (Å²) in [6.45, 7) is 3.83. The second-order valence-electron chi connectivity index (χ2n) is 8.80. The zero-order chi connectivity index (χ0) is 27.4. The normalized spacial score (nSPS) is 13.2. The molecule has 39 heavy (non-hydrogen) atoms. The number of anilines is 4. The number of hydrazine groups is 1. The Bertz CT molecular complexity index is 1510. The number of morpholine rings is 1. The van der Waals surface area contributed by atoms with Crippen molar-refractivity contribution in [3.05, 3.63) is 83.0 Å². The lowest BCUT2D eigenvalue weighted by atomic mass is 10.0. The first-order valence-electron chi connectivity index (χ1n) is 12.1. The minimum atomic E-state index is -0.551. The monoisotopic (exact) mass is 549 g/mol. The van der Waals surface area contributed by atoms with Crippen molar-refractivity contribution in [3.63, 3.8) is 0 Å². The first-order chi connectivity index (χ1) is 18.9. The number of aryl methyl sites for hydroxylation is 1. The highest BCUT2D eigenvalue weighted by Crippen LogP contribution is 2.33. The van der Waals surface area contributed by atoms with E-state index in [2.05, 4.69) is 31.1 Å². The van der Waals surface area contributed by atoms with E-state index in [9.17, 15) is 14.3 Å². The van der Waals surface area contributed by atoms with Crippen LogP contribution in [0.2, 0.25) is 5.02 Å². The van der Waals surface area contributed by atoms with Gasteiger partial charge >= 0.3 is 0 Å². The molecule has 1 amide bonds. The molecule has 2 aromatic heterocycles. The Morgan fingerprint density at radius 1 is 1.10 bits per heavy atom. The molecule has 0 aliphatic carbocycles. The number of aromatic nitrogens is 3. The maximum Gasteiger partial charge on any atom is 0.288 e. The molecule has 1 aliphatic heterocycles. The molecule has 12 heteroatoms. The van der Waals surface area contributed by atoms with Gasteiger partial charge in [0, 0.05) is 24.3 Å². The Balaban J connectivity index is 1.23. The van der Waals surface area contributed by atoms with Gasteiger partial charge in [-0.2, -0.15) is 4.98 Å². The number of rotatable bonds is 7. The van der Waals surface area contributed by atoms with Crippen molar-refractivity contribution in [2.24, 2.45) is 0 Å². The molecule has 10 nitrogen and oxygen atoms in total. The van der Waals surface area contributed by atoms with Crippen LogP contribution in [0, 0.1) is 12.7 Å². The fraction of sp³-hybridized carbons (Fsp3) is 0.185. The molecule has 0 saturated carbocycles. The maximum atomic E-state index is 14.2. The molecule has 0 unspecified atom stereocenters. The van der Waals surface area contributed by atoms with Crippen LogP contribution in [0.1, 0.15) is 16.1 Å². The van der Waals surface area contributed by atoms with Gasteiger partial charge in [0.15, 0.2) is 11.6 Å². The lowest BCUT2D eigenvalue weighted by Gasteiger charge is -2.28. The fourth-order valence-corrected chi connectivity index (χ4v) is 4.35. The van der Waals surface area contributed by atoms with E-state index in [1.807, 2.05) is 25.1 Å². The van der Waals surface area contributed by atoms with E-state index in [0.29, 0.717) is 37.0 Å². The highest BCUT2D eigenvalue weighted by atomic mass is 35.5. The molecule has 0 atom stereocenters. The van der Waals surface area contributed by atoms with Gasteiger partial charge < -0.3 is 20.1 Å². The van der Waals surface area contributed by atoms with Crippen molar-refractivity contribution in [2.45, 2.75) is 6.92 Å². The Kier molecular flexibility index (Phi) is 7.71. The second kappa shape index (κ2) is 11.5. The first kappa shape index (κ1) is 26.1. The number of benzene rings is 2. The standard InChI is InChI=1S/C27H25ClFN7O3/c1-16-11-23(26(38)34-35-27-31-14-22(29)25(33-27)36-7-9-39-10-8-36)30-15-24(16)32-18-5-6-20(21(28)13-18)17-3-2-4-19(37)12-17/h2-6,11-15,32,37H,7-10H2,1H3,(H,34,38)(H,31,33,35). The third-order valence-electron chi connectivity index (χ3n) is 6.07.